The van der Waals surface area contributed by atoms with Crippen molar-refractivity contribution in [2.24, 2.45) is 0 Å². The quantitative estimate of drug-likeness (QED) is 0.790. The van der Waals surface area contributed by atoms with Crippen LogP contribution < -0.4 is 10.2 Å². The van der Waals surface area contributed by atoms with Crippen LogP contribution in [0, 0.1) is 12.3 Å². The number of rotatable bonds is 6. The SMILES string of the molecule is C#CCNC(=O)C[NH+](C)Cc1ccc(-c2ccc(Cl)cc2)o1. The molecule has 0 fully saturated rings. The third-order valence-corrected chi connectivity index (χ3v) is 3.37. The first-order valence-corrected chi connectivity index (χ1v) is 7.32. The number of halogens is 1. The number of hydrogen-bond donors (Lipinski definition) is 2. The smallest absolute Gasteiger partial charge is 0.275 e. The maximum Gasteiger partial charge on any atom is 0.275 e. The van der Waals surface area contributed by atoms with Gasteiger partial charge in [0.15, 0.2) is 12.3 Å². The summed E-state index contributed by atoms with van der Waals surface area (Å²) in [6, 6.07) is 11.3. The van der Waals surface area contributed by atoms with E-state index in [0.717, 1.165) is 22.0 Å². The summed E-state index contributed by atoms with van der Waals surface area (Å²) in [7, 11) is 1.93. The van der Waals surface area contributed by atoms with E-state index in [2.05, 4.69) is 11.2 Å². The Morgan fingerprint density at radius 3 is 2.73 bits per heavy atom. The van der Waals surface area contributed by atoms with Gasteiger partial charge >= 0.3 is 0 Å². The van der Waals surface area contributed by atoms with Crippen LogP contribution in [-0.4, -0.2) is 26.0 Å². The predicted molar refractivity (Wildman–Crippen MR) is 86.5 cm³/mol. The van der Waals surface area contributed by atoms with E-state index in [9.17, 15) is 4.79 Å². The number of benzene rings is 1. The van der Waals surface area contributed by atoms with Crippen molar-refractivity contribution in [1.82, 2.24) is 5.32 Å². The highest BCUT2D eigenvalue weighted by atomic mass is 35.5. The topological polar surface area (TPSA) is 46.7 Å². The van der Waals surface area contributed by atoms with Crippen LogP contribution in [0.2, 0.25) is 5.02 Å². The normalized spacial score (nSPS) is 11.7. The molecule has 0 spiro atoms. The molecule has 0 bridgehead atoms. The highest BCUT2D eigenvalue weighted by molar-refractivity contribution is 6.30. The highest BCUT2D eigenvalue weighted by Gasteiger charge is 2.13. The van der Waals surface area contributed by atoms with Crippen molar-refractivity contribution in [3.8, 4) is 23.7 Å². The second-order valence-electron chi connectivity index (χ2n) is 5.06. The van der Waals surface area contributed by atoms with Gasteiger partial charge in [0.1, 0.15) is 12.3 Å². The van der Waals surface area contributed by atoms with Gasteiger partial charge in [0.25, 0.3) is 5.91 Å². The van der Waals surface area contributed by atoms with Gasteiger partial charge in [-0.15, -0.1) is 6.42 Å². The molecule has 0 aliphatic carbocycles. The Bertz CT molecular complexity index is 671. The third kappa shape index (κ3) is 4.66. The molecule has 2 aromatic rings. The number of nitrogens with one attached hydrogen (secondary N) is 2. The lowest BCUT2D eigenvalue weighted by atomic mass is 10.2. The van der Waals surface area contributed by atoms with Gasteiger partial charge in [0.05, 0.1) is 13.6 Å². The number of terminal acetylenes is 1. The summed E-state index contributed by atoms with van der Waals surface area (Å²) in [6.45, 7) is 1.23. The lowest BCUT2D eigenvalue weighted by Gasteiger charge is -2.11. The zero-order valence-corrected chi connectivity index (χ0v) is 13.1. The molecule has 1 aromatic heterocycles. The van der Waals surface area contributed by atoms with E-state index < -0.39 is 0 Å². The lowest BCUT2D eigenvalue weighted by molar-refractivity contribution is -0.886. The molecule has 5 heteroatoms. The van der Waals surface area contributed by atoms with Crippen molar-refractivity contribution in [1.29, 1.82) is 0 Å². The van der Waals surface area contributed by atoms with Crippen LogP contribution in [0.25, 0.3) is 11.3 Å². The molecule has 114 valence electrons. The second kappa shape index (κ2) is 7.69. The van der Waals surface area contributed by atoms with Crippen LogP contribution in [0.4, 0.5) is 0 Å². The van der Waals surface area contributed by atoms with E-state index >= 15 is 0 Å². The Labute approximate surface area is 135 Å². The minimum absolute atomic E-state index is 0.0695. The highest BCUT2D eigenvalue weighted by Crippen LogP contribution is 2.23. The zero-order valence-electron chi connectivity index (χ0n) is 12.4. The molecular weight excluding hydrogens is 300 g/mol. The first-order chi connectivity index (χ1) is 10.6. The summed E-state index contributed by atoms with van der Waals surface area (Å²) >= 11 is 5.87. The first-order valence-electron chi connectivity index (χ1n) is 6.94. The largest absolute Gasteiger partial charge is 0.455 e. The Morgan fingerprint density at radius 1 is 1.32 bits per heavy atom. The van der Waals surface area contributed by atoms with E-state index in [1.54, 1.807) is 0 Å². The molecular formula is C17H18ClN2O2+. The minimum Gasteiger partial charge on any atom is -0.455 e. The Kier molecular flexibility index (Phi) is 5.65. The maximum atomic E-state index is 11.6. The summed E-state index contributed by atoms with van der Waals surface area (Å²) in [4.78, 5) is 12.6. The molecule has 1 aromatic carbocycles. The number of amides is 1. The number of hydrogen-bond acceptors (Lipinski definition) is 2. The number of furan rings is 1. The molecule has 0 saturated heterocycles. The predicted octanol–water partition coefficient (Wildman–Crippen LogP) is 1.36. The van der Waals surface area contributed by atoms with Gasteiger partial charge in [-0.2, -0.15) is 0 Å². The van der Waals surface area contributed by atoms with Gasteiger partial charge in [0.2, 0.25) is 0 Å². The average Bonchev–Trinajstić information content (AvgIpc) is 2.94. The molecule has 1 amide bonds. The zero-order chi connectivity index (χ0) is 15.9. The number of carbonyl (C=O) groups excluding carboxylic acids is 1. The number of carbonyl (C=O) groups is 1. The van der Waals surface area contributed by atoms with Crippen molar-refractivity contribution in [3.63, 3.8) is 0 Å². The Hall–Kier alpha value is -2.22. The van der Waals surface area contributed by atoms with Crippen LogP contribution in [0.1, 0.15) is 5.76 Å². The molecule has 1 unspecified atom stereocenters. The second-order valence-corrected chi connectivity index (χ2v) is 5.50. The van der Waals surface area contributed by atoms with Crippen LogP contribution in [0.15, 0.2) is 40.8 Å². The van der Waals surface area contributed by atoms with E-state index in [0.29, 0.717) is 18.1 Å². The van der Waals surface area contributed by atoms with Crippen LogP contribution >= 0.6 is 11.6 Å². The van der Waals surface area contributed by atoms with Gasteiger partial charge in [0, 0.05) is 10.6 Å². The molecule has 1 atom stereocenters. The number of quaternary nitrogens is 1. The molecule has 22 heavy (non-hydrogen) atoms. The van der Waals surface area contributed by atoms with Crippen LogP contribution in [0.3, 0.4) is 0 Å². The summed E-state index contributed by atoms with van der Waals surface area (Å²) < 4.78 is 5.81. The van der Waals surface area contributed by atoms with E-state index in [4.69, 9.17) is 22.4 Å². The van der Waals surface area contributed by atoms with Crippen molar-refractivity contribution in [3.05, 3.63) is 47.2 Å². The molecule has 1 heterocycles. The van der Waals surface area contributed by atoms with Gasteiger partial charge in [-0.3, -0.25) is 4.79 Å². The van der Waals surface area contributed by atoms with Crippen molar-refractivity contribution < 1.29 is 14.1 Å². The first kappa shape index (κ1) is 16.2. The summed E-state index contributed by atoms with van der Waals surface area (Å²) in [6.07, 6.45) is 5.10. The summed E-state index contributed by atoms with van der Waals surface area (Å²) in [5, 5.41) is 3.34. The fourth-order valence-corrected chi connectivity index (χ4v) is 2.21. The van der Waals surface area contributed by atoms with Gasteiger partial charge < -0.3 is 14.6 Å². The molecule has 0 aliphatic heterocycles. The van der Waals surface area contributed by atoms with Gasteiger partial charge in [-0.1, -0.05) is 17.5 Å². The monoisotopic (exact) mass is 317 g/mol. The fraction of sp³-hybridized carbons (Fsp3) is 0.235. The molecule has 2 rings (SSSR count). The Balaban J connectivity index is 1.93. The van der Waals surface area contributed by atoms with Crippen molar-refractivity contribution in [2.45, 2.75) is 6.54 Å². The van der Waals surface area contributed by atoms with E-state index in [-0.39, 0.29) is 12.5 Å². The van der Waals surface area contributed by atoms with Crippen molar-refractivity contribution in [2.75, 3.05) is 20.1 Å². The fourth-order valence-electron chi connectivity index (χ4n) is 2.09. The van der Waals surface area contributed by atoms with Crippen molar-refractivity contribution >= 4 is 17.5 Å². The van der Waals surface area contributed by atoms with Crippen LogP contribution in [-0.2, 0) is 11.3 Å². The molecule has 0 radical (unpaired) electrons. The summed E-state index contributed by atoms with van der Waals surface area (Å²) in [5.41, 5.74) is 0.972. The Morgan fingerprint density at radius 2 is 2.05 bits per heavy atom. The molecule has 4 nitrogen and oxygen atoms in total. The third-order valence-electron chi connectivity index (χ3n) is 3.12. The average molecular weight is 318 g/mol. The molecule has 0 aliphatic rings. The van der Waals surface area contributed by atoms with Crippen LogP contribution in [0.5, 0.6) is 0 Å². The van der Waals surface area contributed by atoms with Gasteiger partial charge in [-0.25, -0.2) is 0 Å². The maximum absolute atomic E-state index is 11.6. The minimum atomic E-state index is -0.0695. The van der Waals surface area contributed by atoms with E-state index in [1.807, 2.05) is 43.4 Å². The van der Waals surface area contributed by atoms with E-state index in [1.165, 1.54) is 0 Å². The molecule has 2 N–H and O–H groups in total. The summed E-state index contributed by atoms with van der Waals surface area (Å²) in [5.74, 6) is 3.92. The lowest BCUT2D eigenvalue weighted by Crippen LogP contribution is -3.08. The number of likely N-dealkylation sites (N-methyl/N-ethyl adjacent to an activating group) is 1. The molecule has 0 saturated carbocycles. The standard InChI is InChI=1S/C17H17ClN2O2/c1-3-10-19-17(21)12-20(2)11-15-8-9-16(22-15)13-4-6-14(18)7-5-13/h1,4-9H,10-12H2,2H3,(H,19,21)/p+1. The van der Waals surface area contributed by atoms with Gasteiger partial charge in [-0.05, 0) is 36.4 Å².